The second-order valence-corrected chi connectivity index (χ2v) is 5.91. The van der Waals surface area contributed by atoms with Crippen LogP contribution in [0.4, 0.5) is 0 Å². The van der Waals surface area contributed by atoms with Crippen LogP contribution in [0.5, 0.6) is 0 Å². The Morgan fingerprint density at radius 2 is 1.23 bits per heavy atom. The van der Waals surface area contributed by atoms with Gasteiger partial charge in [-0.25, -0.2) is 4.98 Å². The van der Waals surface area contributed by atoms with Crippen molar-refractivity contribution in [3.05, 3.63) is 114 Å². The lowest BCUT2D eigenvalue weighted by Gasteiger charge is -2.28. The van der Waals surface area contributed by atoms with Gasteiger partial charge in [0.25, 0.3) is 0 Å². The molecule has 3 aromatic heterocycles. The van der Waals surface area contributed by atoms with E-state index in [0.717, 1.165) is 5.69 Å². The summed E-state index contributed by atoms with van der Waals surface area (Å²) in [6.45, 7) is 0. The number of hydrogen-bond acceptors (Lipinski definition) is 4. The van der Waals surface area contributed by atoms with Crippen LogP contribution in [0, 0.1) is 0 Å². The molecule has 0 radical (unpaired) electrons. The van der Waals surface area contributed by atoms with E-state index < -0.39 is 5.60 Å². The summed E-state index contributed by atoms with van der Waals surface area (Å²) in [6.07, 6.45) is 3.40. The smallest absolute Gasteiger partial charge is 0.174 e. The van der Waals surface area contributed by atoms with Gasteiger partial charge in [0.15, 0.2) is 5.60 Å². The normalized spacial score (nSPS) is 13.1. The highest BCUT2D eigenvalue weighted by Gasteiger charge is 2.36. The van der Waals surface area contributed by atoms with E-state index in [1.165, 1.54) is 0 Å². The number of pyridine rings is 3. The third-order valence-corrected chi connectivity index (χ3v) is 4.27. The Labute approximate surface area is 151 Å². The molecule has 26 heavy (non-hydrogen) atoms. The molecule has 3 heterocycles. The van der Waals surface area contributed by atoms with Crippen molar-refractivity contribution in [3.63, 3.8) is 0 Å². The third-order valence-electron chi connectivity index (χ3n) is 4.27. The Kier molecular flexibility index (Phi) is 4.25. The summed E-state index contributed by atoms with van der Waals surface area (Å²) in [4.78, 5) is 13.5. The SMILES string of the molecule is OC(c1ccccc1)(c1ccccn1)c1cccc(-c2ccccn2)n1. The van der Waals surface area contributed by atoms with E-state index in [-0.39, 0.29) is 0 Å². The molecule has 4 aromatic rings. The molecule has 4 rings (SSSR count). The number of rotatable bonds is 4. The Balaban J connectivity index is 1.91. The predicted octanol–water partition coefficient (Wildman–Crippen LogP) is 3.82. The summed E-state index contributed by atoms with van der Waals surface area (Å²) >= 11 is 0. The second-order valence-electron chi connectivity index (χ2n) is 5.91. The summed E-state index contributed by atoms with van der Waals surface area (Å²) in [5, 5.41) is 11.8. The monoisotopic (exact) mass is 339 g/mol. The summed E-state index contributed by atoms with van der Waals surface area (Å²) in [5.74, 6) is 0. The molecule has 0 aliphatic rings. The molecule has 0 amide bonds. The van der Waals surface area contributed by atoms with Crippen LogP contribution in [0.3, 0.4) is 0 Å². The highest BCUT2D eigenvalue weighted by Crippen LogP contribution is 2.35. The number of aliphatic hydroxyl groups is 1. The molecule has 0 saturated carbocycles. The van der Waals surface area contributed by atoms with Crippen molar-refractivity contribution in [2.24, 2.45) is 0 Å². The van der Waals surface area contributed by atoms with E-state index in [9.17, 15) is 5.11 Å². The van der Waals surface area contributed by atoms with E-state index >= 15 is 0 Å². The Morgan fingerprint density at radius 3 is 1.92 bits per heavy atom. The average molecular weight is 339 g/mol. The fraction of sp³-hybridized carbons (Fsp3) is 0.0455. The van der Waals surface area contributed by atoms with Crippen molar-refractivity contribution in [1.82, 2.24) is 15.0 Å². The lowest BCUT2D eigenvalue weighted by molar-refractivity contribution is 0.116. The molecule has 126 valence electrons. The standard InChI is InChI=1S/C22H17N3O/c26-22(17-9-2-1-3-10-17,20-13-5-7-16-24-20)21-14-8-12-19(25-21)18-11-4-6-15-23-18/h1-16,26H. The first kappa shape index (κ1) is 16.1. The maximum absolute atomic E-state index is 11.8. The molecule has 1 N–H and O–H groups in total. The highest BCUT2D eigenvalue weighted by atomic mass is 16.3. The van der Waals surface area contributed by atoms with Crippen LogP contribution < -0.4 is 0 Å². The molecule has 0 saturated heterocycles. The minimum absolute atomic E-state index is 0.505. The number of hydrogen-bond donors (Lipinski definition) is 1. The zero-order chi connectivity index (χ0) is 17.8. The molecular formula is C22H17N3O. The highest BCUT2D eigenvalue weighted by molar-refractivity contribution is 5.55. The van der Waals surface area contributed by atoms with Crippen molar-refractivity contribution in [2.75, 3.05) is 0 Å². The molecule has 0 bridgehead atoms. The second kappa shape index (κ2) is 6.86. The Bertz CT molecular complexity index is 950. The quantitative estimate of drug-likeness (QED) is 0.614. The van der Waals surface area contributed by atoms with Gasteiger partial charge < -0.3 is 5.11 Å². The van der Waals surface area contributed by atoms with Gasteiger partial charge in [-0.3, -0.25) is 9.97 Å². The topological polar surface area (TPSA) is 58.9 Å². The van der Waals surface area contributed by atoms with E-state index in [4.69, 9.17) is 4.98 Å². The van der Waals surface area contributed by atoms with Crippen molar-refractivity contribution >= 4 is 0 Å². The Hall–Kier alpha value is -3.37. The first-order chi connectivity index (χ1) is 12.8. The molecule has 0 aliphatic carbocycles. The van der Waals surface area contributed by atoms with Crippen molar-refractivity contribution in [3.8, 4) is 11.4 Å². The number of benzene rings is 1. The van der Waals surface area contributed by atoms with E-state index in [1.807, 2.05) is 84.9 Å². The maximum Gasteiger partial charge on any atom is 0.174 e. The minimum atomic E-state index is -1.45. The van der Waals surface area contributed by atoms with Gasteiger partial charge in [0.1, 0.15) is 0 Å². The first-order valence-corrected chi connectivity index (χ1v) is 8.37. The molecule has 0 spiro atoms. The summed E-state index contributed by atoms with van der Waals surface area (Å²) in [6, 6.07) is 26.2. The molecule has 0 fully saturated rings. The molecule has 1 atom stereocenters. The van der Waals surface area contributed by atoms with Gasteiger partial charge >= 0.3 is 0 Å². The number of nitrogens with zero attached hydrogens (tertiary/aromatic N) is 3. The molecule has 4 heteroatoms. The van der Waals surface area contributed by atoms with Crippen LogP contribution in [0.2, 0.25) is 0 Å². The fourth-order valence-corrected chi connectivity index (χ4v) is 2.98. The van der Waals surface area contributed by atoms with E-state index in [1.54, 1.807) is 12.4 Å². The summed E-state index contributed by atoms with van der Waals surface area (Å²) < 4.78 is 0. The van der Waals surface area contributed by atoms with E-state index in [0.29, 0.717) is 22.6 Å². The average Bonchev–Trinajstić information content (AvgIpc) is 2.75. The molecule has 1 unspecified atom stereocenters. The zero-order valence-electron chi connectivity index (χ0n) is 14.0. The van der Waals surface area contributed by atoms with Gasteiger partial charge in [-0.05, 0) is 42.0 Å². The van der Waals surface area contributed by atoms with Gasteiger partial charge in [-0.1, -0.05) is 48.5 Å². The van der Waals surface area contributed by atoms with Crippen molar-refractivity contribution in [2.45, 2.75) is 5.60 Å². The molecule has 0 aliphatic heterocycles. The lowest BCUT2D eigenvalue weighted by atomic mass is 9.86. The van der Waals surface area contributed by atoms with Gasteiger partial charge in [0, 0.05) is 12.4 Å². The zero-order valence-corrected chi connectivity index (χ0v) is 14.0. The van der Waals surface area contributed by atoms with Crippen molar-refractivity contribution < 1.29 is 5.11 Å². The van der Waals surface area contributed by atoms with Crippen LogP contribution in [0.1, 0.15) is 17.0 Å². The van der Waals surface area contributed by atoms with Crippen LogP contribution in [-0.2, 0) is 5.60 Å². The molecular weight excluding hydrogens is 322 g/mol. The third kappa shape index (κ3) is 2.87. The first-order valence-electron chi connectivity index (χ1n) is 8.37. The van der Waals surface area contributed by atoms with Crippen LogP contribution >= 0.6 is 0 Å². The summed E-state index contributed by atoms with van der Waals surface area (Å²) in [7, 11) is 0. The minimum Gasteiger partial charge on any atom is -0.373 e. The lowest BCUT2D eigenvalue weighted by Crippen LogP contribution is -2.31. The van der Waals surface area contributed by atoms with Gasteiger partial charge in [-0.15, -0.1) is 0 Å². The van der Waals surface area contributed by atoms with E-state index in [2.05, 4.69) is 9.97 Å². The Morgan fingerprint density at radius 1 is 0.577 bits per heavy atom. The number of aromatic nitrogens is 3. The fourth-order valence-electron chi connectivity index (χ4n) is 2.98. The van der Waals surface area contributed by atoms with Gasteiger partial charge in [0.2, 0.25) is 0 Å². The van der Waals surface area contributed by atoms with Gasteiger partial charge in [0.05, 0.1) is 22.8 Å². The largest absolute Gasteiger partial charge is 0.373 e. The van der Waals surface area contributed by atoms with Crippen LogP contribution in [0.15, 0.2) is 97.3 Å². The van der Waals surface area contributed by atoms with Crippen LogP contribution in [0.25, 0.3) is 11.4 Å². The predicted molar refractivity (Wildman–Crippen MR) is 100 cm³/mol. The summed E-state index contributed by atoms with van der Waals surface area (Å²) in [5.41, 5.74) is 1.75. The molecule has 4 nitrogen and oxygen atoms in total. The van der Waals surface area contributed by atoms with Crippen LogP contribution in [-0.4, -0.2) is 20.1 Å². The maximum atomic E-state index is 11.8. The molecule has 1 aromatic carbocycles. The van der Waals surface area contributed by atoms with Gasteiger partial charge in [-0.2, -0.15) is 0 Å². The van der Waals surface area contributed by atoms with Crippen molar-refractivity contribution in [1.29, 1.82) is 0 Å².